The van der Waals surface area contributed by atoms with E-state index in [1.54, 1.807) is 12.1 Å². The highest BCUT2D eigenvalue weighted by atomic mass is 79.9. The van der Waals surface area contributed by atoms with Crippen LogP contribution in [0.3, 0.4) is 0 Å². The minimum atomic E-state index is -3.20. The third-order valence-corrected chi connectivity index (χ3v) is 4.54. The molecule has 0 atom stereocenters. The van der Waals surface area contributed by atoms with Gasteiger partial charge in [0.05, 0.1) is 4.90 Å². The molecule has 0 bridgehead atoms. The average Bonchev–Trinajstić information content (AvgIpc) is 2.42. The summed E-state index contributed by atoms with van der Waals surface area (Å²) in [5.41, 5.74) is 6.60. The fourth-order valence-corrected chi connectivity index (χ4v) is 2.84. The molecule has 0 saturated carbocycles. The van der Waals surface area contributed by atoms with Crippen molar-refractivity contribution in [2.24, 2.45) is 5.73 Å². The maximum Gasteiger partial charge on any atom is 0.175 e. The zero-order valence-electron chi connectivity index (χ0n) is 11.5. The normalized spacial score (nSPS) is 11.4. The van der Waals surface area contributed by atoms with E-state index < -0.39 is 9.84 Å². The van der Waals surface area contributed by atoms with E-state index in [0.29, 0.717) is 24.5 Å². The van der Waals surface area contributed by atoms with Gasteiger partial charge in [0.1, 0.15) is 11.5 Å². The number of hydrogen-bond donors (Lipinski definition) is 1. The van der Waals surface area contributed by atoms with Crippen LogP contribution >= 0.6 is 15.9 Å². The molecule has 0 fully saturated rings. The molecule has 0 amide bonds. The summed E-state index contributed by atoms with van der Waals surface area (Å²) in [6.07, 6.45) is 1.89. The minimum Gasteiger partial charge on any atom is -0.457 e. The monoisotopic (exact) mass is 369 g/mol. The van der Waals surface area contributed by atoms with E-state index in [4.69, 9.17) is 10.5 Å². The van der Waals surface area contributed by atoms with Crippen LogP contribution in [0.1, 0.15) is 5.56 Å². The molecule has 0 aliphatic carbocycles. The smallest absolute Gasteiger partial charge is 0.175 e. The van der Waals surface area contributed by atoms with Gasteiger partial charge in [-0.25, -0.2) is 8.42 Å². The Bertz CT molecular complexity index is 727. The minimum absolute atomic E-state index is 0.270. The van der Waals surface area contributed by atoms with E-state index in [2.05, 4.69) is 15.9 Å². The molecule has 0 heterocycles. The van der Waals surface area contributed by atoms with Gasteiger partial charge in [0, 0.05) is 10.7 Å². The standard InChI is InChI=1S/C15H16BrNO3S/c1-21(18,19)14-6-4-13(5-7-14)20-15-10-12(16)3-2-11(15)8-9-17/h2-7,10H,8-9,17H2,1H3. The predicted molar refractivity (Wildman–Crippen MR) is 86.5 cm³/mol. The van der Waals surface area contributed by atoms with Gasteiger partial charge in [0.15, 0.2) is 9.84 Å². The van der Waals surface area contributed by atoms with Crippen molar-refractivity contribution in [1.29, 1.82) is 0 Å². The summed E-state index contributed by atoms with van der Waals surface area (Å²) in [7, 11) is -3.20. The topological polar surface area (TPSA) is 69.4 Å². The van der Waals surface area contributed by atoms with Gasteiger partial charge in [-0.2, -0.15) is 0 Å². The number of nitrogens with two attached hydrogens (primary N) is 1. The molecule has 0 aliphatic heterocycles. The molecule has 6 heteroatoms. The lowest BCUT2D eigenvalue weighted by atomic mass is 10.1. The average molecular weight is 370 g/mol. The largest absolute Gasteiger partial charge is 0.457 e. The molecule has 2 N–H and O–H groups in total. The summed E-state index contributed by atoms with van der Waals surface area (Å²) in [6, 6.07) is 12.1. The van der Waals surface area contributed by atoms with Crippen molar-refractivity contribution >= 4 is 25.8 Å². The molecular weight excluding hydrogens is 354 g/mol. The summed E-state index contributed by atoms with van der Waals surface area (Å²) in [5, 5.41) is 0. The van der Waals surface area contributed by atoms with Crippen molar-refractivity contribution in [3.63, 3.8) is 0 Å². The van der Waals surface area contributed by atoms with Crippen LogP contribution < -0.4 is 10.5 Å². The number of ether oxygens (including phenoxy) is 1. The Hall–Kier alpha value is -1.37. The van der Waals surface area contributed by atoms with Gasteiger partial charge >= 0.3 is 0 Å². The Kier molecular flexibility index (Phi) is 5.03. The highest BCUT2D eigenvalue weighted by Gasteiger charge is 2.09. The first-order valence-electron chi connectivity index (χ1n) is 6.36. The molecule has 2 aromatic rings. The summed E-state index contributed by atoms with van der Waals surface area (Å²) >= 11 is 3.41. The summed E-state index contributed by atoms with van der Waals surface area (Å²) < 4.78 is 29.6. The van der Waals surface area contributed by atoms with E-state index in [0.717, 1.165) is 10.0 Å². The molecule has 0 aromatic heterocycles. The fraction of sp³-hybridized carbons (Fsp3) is 0.200. The molecule has 4 nitrogen and oxygen atoms in total. The highest BCUT2D eigenvalue weighted by molar-refractivity contribution is 9.10. The Morgan fingerprint density at radius 3 is 2.38 bits per heavy atom. The van der Waals surface area contributed by atoms with Gasteiger partial charge < -0.3 is 10.5 Å². The van der Waals surface area contributed by atoms with Crippen LogP contribution in [0.2, 0.25) is 0 Å². The van der Waals surface area contributed by atoms with Crippen LogP contribution in [0.25, 0.3) is 0 Å². The van der Waals surface area contributed by atoms with Gasteiger partial charge in [0.25, 0.3) is 0 Å². The zero-order valence-corrected chi connectivity index (χ0v) is 13.9. The highest BCUT2D eigenvalue weighted by Crippen LogP contribution is 2.29. The van der Waals surface area contributed by atoms with Gasteiger partial charge in [-0.15, -0.1) is 0 Å². The lowest BCUT2D eigenvalue weighted by Crippen LogP contribution is -2.04. The van der Waals surface area contributed by atoms with E-state index in [-0.39, 0.29) is 4.90 Å². The number of hydrogen-bond acceptors (Lipinski definition) is 4. The van der Waals surface area contributed by atoms with Gasteiger partial charge in [-0.1, -0.05) is 22.0 Å². The Balaban J connectivity index is 2.27. The molecule has 0 radical (unpaired) electrons. The van der Waals surface area contributed by atoms with E-state index in [9.17, 15) is 8.42 Å². The van der Waals surface area contributed by atoms with Crippen LogP contribution in [-0.4, -0.2) is 21.2 Å². The third-order valence-electron chi connectivity index (χ3n) is 2.92. The second-order valence-corrected chi connectivity index (χ2v) is 7.57. The van der Waals surface area contributed by atoms with Gasteiger partial charge in [-0.05, 0) is 54.9 Å². The number of benzene rings is 2. The van der Waals surface area contributed by atoms with Crippen molar-refractivity contribution in [3.8, 4) is 11.5 Å². The van der Waals surface area contributed by atoms with Crippen LogP contribution in [0.15, 0.2) is 51.8 Å². The SMILES string of the molecule is CS(=O)(=O)c1ccc(Oc2cc(Br)ccc2CCN)cc1. The van der Waals surface area contributed by atoms with Crippen LogP contribution in [0.4, 0.5) is 0 Å². The lowest BCUT2D eigenvalue weighted by Gasteiger charge is -2.11. The summed E-state index contributed by atoms with van der Waals surface area (Å²) in [4.78, 5) is 0.270. The Morgan fingerprint density at radius 2 is 1.81 bits per heavy atom. The van der Waals surface area contributed by atoms with Crippen LogP contribution in [-0.2, 0) is 16.3 Å². The number of halogens is 1. The first-order chi connectivity index (χ1) is 9.90. The maximum atomic E-state index is 11.4. The van der Waals surface area contributed by atoms with Gasteiger partial charge in [-0.3, -0.25) is 0 Å². The zero-order chi connectivity index (χ0) is 15.5. The molecule has 2 aromatic carbocycles. The van der Waals surface area contributed by atoms with Crippen LogP contribution in [0.5, 0.6) is 11.5 Å². The van der Waals surface area contributed by atoms with Crippen LogP contribution in [0, 0.1) is 0 Å². The second-order valence-electron chi connectivity index (χ2n) is 4.64. The van der Waals surface area contributed by atoms with Gasteiger partial charge in [0.2, 0.25) is 0 Å². The first kappa shape index (κ1) is 16.0. The first-order valence-corrected chi connectivity index (χ1v) is 9.05. The van der Waals surface area contributed by atoms with E-state index in [1.165, 1.54) is 18.4 Å². The van der Waals surface area contributed by atoms with E-state index >= 15 is 0 Å². The molecule has 112 valence electrons. The van der Waals surface area contributed by atoms with Crippen molar-refractivity contribution in [1.82, 2.24) is 0 Å². The molecule has 0 unspecified atom stereocenters. The molecule has 0 saturated heterocycles. The Morgan fingerprint density at radius 1 is 1.14 bits per heavy atom. The predicted octanol–water partition coefficient (Wildman–Crippen LogP) is 3.15. The molecule has 0 aliphatic rings. The second kappa shape index (κ2) is 6.60. The molecule has 0 spiro atoms. The fourth-order valence-electron chi connectivity index (χ4n) is 1.87. The Labute approximate surface area is 133 Å². The van der Waals surface area contributed by atoms with Crippen molar-refractivity contribution in [2.75, 3.05) is 12.8 Å². The molecular formula is C15H16BrNO3S. The van der Waals surface area contributed by atoms with Crippen molar-refractivity contribution < 1.29 is 13.2 Å². The lowest BCUT2D eigenvalue weighted by molar-refractivity contribution is 0.475. The quantitative estimate of drug-likeness (QED) is 0.878. The van der Waals surface area contributed by atoms with Crippen molar-refractivity contribution in [3.05, 3.63) is 52.5 Å². The third kappa shape index (κ3) is 4.30. The number of rotatable bonds is 5. The molecule has 2 rings (SSSR count). The number of sulfone groups is 1. The van der Waals surface area contributed by atoms with Crippen molar-refractivity contribution in [2.45, 2.75) is 11.3 Å². The molecule has 21 heavy (non-hydrogen) atoms. The maximum absolute atomic E-state index is 11.4. The summed E-state index contributed by atoms with van der Waals surface area (Å²) in [6.45, 7) is 0.533. The summed E-state index contributed by atoms with van der Waals surface area (Å²) in [5.74, 6) is 1.29. The van der Waals surface area contributed by atoms with E-state index in [1.807, 2.05) is 18.2 Å².